The summed E-state index contributed by atoms with van der Waals surface area (Å²) in [6.07, 6.45) is 50.8. The Morgan fingerprint density at radius 3 is 1.30 bits per heavy atom. The maximum atomic E-state index is 12.7. The van der Waals surface area contributed by atoms with Crippen molar-refractivity contribution in [2.75, 3.05) is 13.2 Å². The molecule has 0 heterocycles. The average molecular weight is 755 g/mol. The number of ether oxygens (including phenoxy) is 3. The van der Waals surface area contributed by atoms with Crippen LogP contribution in [0, 0.1) is 0 Å². The maximum Gasteiger partial charge on any atom is 0.306 e. The van der Waals surface area contributed by atoms with Crippen LogP contribution in [0.5, 0.6) is 0 Å². The van der Waals surface area contributed by atoms with Crippen LogP contribution >= 0.6 is 0 Å². The minimum absolute atomic E-state index is 0.117. The molecular formula is C48H82O6. The highest BCUT2D eigenvalue weighted by molar-refractivity contribution is 5.71. The highest BCUT2D eigenvalue weighted by Gasteiger charge is 2.19. The summed E-state index contributed by atoms with van der Waals surface area (Å²) in [5.41, 5.74) is 0. The number of carbonyl (C=O) groups is 3. The summed E-state index contributed by atoms with van der Waals surface area (Å²) < 4.78 is 16.6. The van der Waals surface area contributed by atoms with Crippen molar-refractivity contribution < 1.29 is 28.6 Å². The Morgan fingerprint density at radius 1 is 0.389 bits per heavy atom. The second kappa shape index (κ2) is 42.8. The number of carbonyl (C=O) groups excluding carboxylic acids is 3. The van der Waals surface area contributed by atoms with Crippen molar-refractivity contribution in [3.63, 3.8) is 0 Å². The van der Waals surface area contributed by atoms with Gasteiger partial charge in [0, 0.05) is 19.3 Å². The molecule has 6 nitrogen and oxygen atoms in total. The first kappa shape index (κ1) is 51.1. The van der Waals surface area contributed by atoms with E-state index in [1.165, 1.54) is 96.3 Å². The Labute approximate surface area is 332 Å². The molecule has 0 saturated heterocycles. The van der Waals surface area contributed by atoms with Gasteiger partial charge in [0.1, 0.15) is 13.2 Å². The highest BCUT2D eigenvalue weighted by Crippen LogP contribution is 2.14. The standard InChI is InChI=1S/C48H82O6/c1-4-7-10-13-16-19-22-24-27-29-32-35-38-41-47(50)53-44-45(43-52-46(49)40-37-34-31-28-25-21-18-15-12-9-6-3)54-48(51)42-39-36-33-30-26-23-20-17-14-11-8-5-2/h9,12,18,21,24,27-28,31-32,35,45H,4-8,10-11,13-17,19-20,22-23,25-26,29-30,33-34,36-44H2,1-3H3/b12-9-,21-18-,27-24-,31-28-,35-32-. The Morgan fingerprint density at radius 2 is 0.778 bits per heavy atom. The quantitative estimate of drug-likeness (QED) is 0.0269. The van der Waals surface area contributed by atoms with Crippen LogP contribution in [0.3, 0.4) is 0 Å². The van der Waals surface area contributed by atoms with Gasteiger partial charge in [0.25, 0.3) is 0 Å². The van der Waals surface area contributed by atoms with Crippen LogP contribution in [0.15, 0.2) is 60.8 Å². The molecule has 54 heavy (non-hydrogen) atoms. The van der Waals surface area contributed by atoms with E-state index in [0.29, 0.717) is 19.3 Å². The molecule has 0 amide bonds. The zero-order chi connectivity index (χ0) is 39.4. The van der Waals surface area contributed by atoms with Gasteiger partial charge in [-0.05, 0) is 64.2 Å². The predicted molar refractivity (Wildman–Crippen MR) is 228 cm³/mol. The third-order valence-corrected chi connectivity index (χ3v) is 9.27. The van der Waals surface area contributed by atoms with Gasteiger partial charge in [-0.2, -0.15) is 0 Å². The van der Waals surface area contributed by atoms with Gasteiger partial charge in [0.15, 0.2) is 6.10 Å². The lowest BCUT2D eigenvalue weighted by atomic mass is 10.0. The van der Waals surface area contributed by atoms with Gasteiger partial charge in [-0.25, -0.2) is 0 Å². The van der Waals surface area contributed by atoms with Crippen molar-refractivity contribution in [3.05, 3.63) is 60.8 Å². The smallest absolute Gasteiger partial charge is 0.306 e. The topological polar surface area (TPSA) is 78.9 Å². The van der Waals surface area contributed by atoms with E-state index in [0.717, 1.165) is 57.8 Å². The van der Waals surface area contributed by atoms with E-state index in [1.807, 2.05) is 6.08 Å². The monoisotopic (exact) mass is 755 g/mol. The first-order valence-electron chi connectivity index (χ1n) is 22.3. The van der Waals surface area contributed by atoms with Gasteiger partial charge < -0.3 is 14.2 Å². The van der Waals surface area contributed by atoms with Gasteiger partial charge >= 0.3 is 17.9 Å². The summed E-state index contributed by atoms with van der Waals surface area (Å²) in [7, 11) is 0. The molecule has 0 aliphatic heterocycles. The fourth-order valence-electron chi connectivity index (χ4n) is 5.93. The highest BCUT2D eigenvalue weighted by atomic mass is 16.6. The van der Waals surface area contributed by atoms with Crippen molar-refractivity contribution in [3.8, 4) is 0 Å². The Hall–Kier alpha value is -2.89. The van der Waals surface area contributed by atoms with E-state index in [-0.39, 0.29) is 44.0 Å². The molecule has 6 heteroatoms. The normalized spacial score (nSPS) is 12.6. The SMILES string of the molecule is CC/C=C\C/C=C\C/C=C\CCCC(=O)OCC(COC(=O)CC/C=C\C/C=C\CCCCCCCC)OC(=O)CCCCCCCCCCCCCC. The predicted octanol–water partition coefficient (Wildman–Crippen LogP) is 14.1. The van der Waals surface area contributed by atoms with Crippen molar-refractivity contribution >= 4 is 17.9 Å². The van der Waals surface area contributed by atoms with Crippen LogP contribution in [-0.4, -0.2) is 37.2 Å². The van der Waals surface area contributed by atoms with Gasteiger partial charge in [0.2, 0.25) is 0 Å². The van der Waals surface area contributed by atoms with Gasteiger partial charge in [-0.15, -0.1) is 0 Å². The fraction of sp³-hybridized carbons (Fsp3) is 0.729. The summed E-state index contributed by atoms with van der Waals surface area (Å²) in [4.78, 5) is 37.6. The first-order chi connectivity index (χ1) is 26.5. The zero-order valence-corrected chi connectivity index (χ0v) is 35.2. The maximum absolute atomic E-state index is 12.7. The van der Waals surface area contributed by atoms with E-state index in [1.54, 1.807) is 0 Å². The minimum atomic E-state index is -0.811. The molecule has 0 radical (unpaired) electrons. The van der Waals surface area contributed by atoms with E-state index in [2.05, 4.69) is 75.5 Å². The average Bonchev–Trinajstić information content (AvgIpc) is 3.17. The number of allylic oxidation sites excluding steroid dienone is 10. The van der Waals surface area contributed by atoms with E-state index in [4.69, 9.17) is 14.2 Å². The van der Waals surface area contributed by atoms with E-state index < -0.39 is 6.10 Å². The molecule has 0 fully saturated rings. The summed E-state index contributed by atoms with van der Waals surface area (Å²) in [6, 6.07) is 0. The molecule has 0 bridgehead atoms. The van der Waals surface area contributed by atoms with Crippen LogP contribution in [0.2, 0.25) is 0 Å². The van der Waals surface area contributed by atoms with E-state index in [9.17, 15) is 14.4 Å². The Kier molecular flexibility index (Phi) is 40.6. The first-order valence-corrected chi connectivity index (χ1v) is 22.3. The number of unbranched alkanes of at least 4 members (excludes halogenated alkanes) is 18. The fourth-order valence-corrected chi connectivity index (χ4v) is 5.93. The third-order valence-electron chi connectivity index (χ3n) is 9.27. The molecule has 0 saturated carbocycles. The van der Waals surface area contributed by atoms with E-state index >= 15 is 0 Å². The second-order valence-corrected chi connectivity index (χ2v) is 14.6. The molecule has 0 N–H and O–H groups in total. The molecular weight excluding hydrogens is 673 g/mol. The molecule has 0 aromatic heterocycles. The number of esters is 3. The molecule has 0 aromatic carbocycles. The van der Waals surface area contributed by atoms with Crippen molar-refractivity contribution in [2.24, 2.45) is 0 Å². The van der Waals surface area contributed by atoms with Crippen LogP contribution in [0.1, 0.15) is 207 Å². The summed E-state index contributed by atoms with van der Waals surface area (Å²) in [5, 5.41) is 0. The Bertz CT molecular complexity index is 1010. The summed E-state index contributed by atoms with van der Waals surface area (Å²) >= 11 is 0. The summed E-state index contributed by atoms with van der Waals surface area (Å²) in [6.45, 7) is 6.39. The molecule has 310 valence electrons. The lowest BCUT2D eigenvalue weighted by molar-refractivity contribution is -0.166. The van der Waals surface area contributed by atoms with Crippen LogP contribution < -0.4 is 0 Å². The van der Waals surface area contributed by atoms with Gasteiger partial charge in [0.05, 0.1) is 0 Å². The third kappa shape index (κ3) is 40.3. The minimum Gasteiger partial charge on any atom is -0.462 e. The van der Waals surface area contributed by atoms with Crippen LogP contribution in [-0.2, 0) is 28.6 Å². The molecule has 1 atom stereocenters. The molecule has 0 rings (SSSR count). The molecule has 0 aliphatic rings. The zero-order valence-electron chi connectivity index (χ0n) is 35.2. The number of hydrogen-bond donors (Lipinski definition) is 0. The van der Waals surface area contributed by atoms with Crippen LogP contribution in [0.4, 0.5) is 0 Å². The molecule has 0 aliphatic carbocycles. The van der Waals surface area contributed by atoms with Gasteiger partial charge in [-0.1, -0.05) is 184 Å². The lowest BCUT2D eigenvalue weighted by Crippen LogP contribution is -2.30. The van der Waals surface area contributed by atoms with Crippen molar-refractivity contribution in [1.82, 2.24) is 0 Å². The largest absolute Gasteiger partial charge is 0.462 e. The Balaban J connectivity index is 4.51. The molecule has 0 aromatic rings. The summed E-state index contributed by atoms with van der Waals surface area (Å²) in [5.74, 6) is -1.04. The molecule has 0 spiro atoms. The van der Waals surface area contributed by atoms with Crippen molar-refractivity contribution in [2.45, 2.75) is 213 Å². The van der Waals surface area contributed by atoms with Crippen molar-refractivity contribution in [1.29, 1.82) is 0 Å². The lowest BCUT2D eigenvalue weighted by Gasteiger charge is -2.18. The van der Waals surface area contributed by atoms with Crippen LogP contribution in [0.25, 0.3) is 0 Å². The number of rotatable bonds is 39. The van der Waals surface area contributed by atoms with Gasteiger partial charge in [-0.3, -0.25) is 14.4 Å². The molecule has 1 unspecified atom stereocenters. The second-order valence-electron chi connectivity index (χ2n) is 14.6. The number of hydrogen-bond acceptors (Lipinski definition) is 6.